The molecule has 196 valence electrons. The zero-order valence-corrected chi connectivity index (χ0v) is 27.6. The minimum atomic E-state index is -1.55. The van der Waals surface area contributed by atoms with Crippen LogP contribution >= 0.6 is 0 Å². The monoisotopic (exact) mass is 536 g/mol. The topological polar surface area (TPSA) is 0 Å². The molecule has 4 rings (SSSR count). The van der Waals surface area contributed by atoms with Crippen LogP contribution in [0.25, 0.3) is 0 Å². The summed E-state index contributed by atoms with van der Waals surface area (Å²) >= 11 is 0. The van der Waals surface area contributed by atoms with E-state index in [0.717, 1.165) is 18.8 Å². The molecule has 2 aliphatic carbocycles. The van der Waals surface area contributed by atoms with Crippen LogP contribution in [0.1, 0.15) is 85.8 Å². The molecular weight excluding hydrogens is 484 g/mol. The quantitative estimate of drug-likeness (QED) is 0.257. The van der Waals surface area contributed by atoms with Gasteiger partial charge in [-0.3, -0.25) is 0 Å². The van der Waals surface area contributed by atoms with Gasteiger partial charge in [0.25, 0.3) is 0 Å². The van der Waals surface area contributed by atoms with Crippen LogP contribution in [0.5, 0.6) is 0 Å². The molecule has 0 aliphatic heterocycles. The van der Waals surface area contributed by atoms with E-state index >= 15 is 0 Å². The molecule has 2 atom stereocenters. The van der Waals surface area contributed by atoms with Gasteiger partial charge in [-0.2, -0.15) is 27.4 Å². The van der Waals surface area contributed by atoms with Gasteiger partial charge in [-0.25, -0.2) is 0 Å². The molecule has 0 aromatic heterocycles. The van der Waals surface area contributed by atoms with Gasteiger partial charge in [0.15, 0.2) is 0 Å². The Morgan fingerprint density at radius 2 is 1.33 bits per heavy atom. The first-order chi connectivity index (χ1) is 15.4. The second-order valence-electron chi connectivity index (χ2n) is 10.6. The van der Waals surface area contributed by atoms with Gasteiger partial charge in [-0.1, -0.05) is 108 Å². The van der Waals surface area contributed by atoms with E-state index in [4.69, 9.17) is 0 Å². The van der Waals surface area contributed by atoms with Gasteiger partial charge in [-0.15, -0.1) is 0 Å². The van der Waals surface area contributed by atoms with Crippen molar-refractivity contribution in [1.29, 1.82) is 0 Å². The van der Waals surface area contributed by atoms with Gasteiger partial charge in [0, 0.05) is 0 Å². The Labute approximate surface area is 241 Å². The Morgan fingerprint density at radius 1 is 0.806 bits per heavy atom. The summed E-state index contributed by atoms with van der Waals surface area (Å²) in [6.07, 6.45) is 20.4. The number of hydrogen-bond acceptors (Lipinski definition) is 0. The number of aryl methyl sites for hydroxylation is 2. The van der Waals surface area contributed by atoms with E-state index in [2.05, 4.69) is 84.0 Å². The average molecular weight is 537 g/mol. The van der Waals surface area contributed by atoms with E-state index in [1.807, 2.05) is 0 Å². The van der Waals surface area contributed by atoms with Gasteiger partial charge in [0.05, 0.1) is 8.80 Å². The molecule has 2 unspecified atom stereocenters. The fourth-order valence-electron chi connectivity index (χ4n) is 6.84. The predicted molar refractivity (Wildman–Crippen MR) is 164 cm³/mol. The Morgan fingerprint density at radius 3 is 1.78 bits per heavy atom. The number of allylic oxidation sites excluding steroid dienone is 4. The molecule has 1 fully saturated rings. The van der Waals surface area contributed by atoms with Gasteiger partial charge >= 0.3 is 21.7 Å². The molecule has 2 aliphatic rings. The van der Waals surface area contributed by atoms with E-state index in [-0.39, 0.29) is 44.0 Å². The van der Waals surface area contributed by atoms with E-state index < -0.39 is 8.80 Å². The van der Waals surface area contributed by atoms with Crippen LogP contribution < -0.4 is 10.4 Å². The van der Waals surface area contributed by atoms with E-state index in [9.17, 15) is 0 Å². The summed E-state index contributed by atoms with van der Waals surface area (Å²) in [6.45, 7) is 14.2. The van der Waals surface area contributed by atoms with Crippen LogP contribution in [0.3, 0.4) is 0 Å². The zero-order valence-electron chi connectivity index (χ0n) is 24.9. The zero-order chi connectivity index (χ0) is 22.9. The molecule has 0 radical (unpaired) electrons. The molecule has 0 heterocycles. The van der Waals surface area contributed by atoms with Gasteiger partial charge in [0.1, 0.15) is 0 Å². The molecule has 36 heavy (non-hydrogen) atoms. The normalized spacial score (nSPS) is 19.9. The number of rotatable bonds is 6. The smallest absolute Gasteiger partial charge is 0.358 e. The molecule has 0 saturated heterocycles. The molecule has 0 bridgehead atoms. The molecule has 1 saturated carbocycles. The van der Waals surface area contributed by atoms with Crippen LogP contribution in [-0.2, 0) is 34.6 Å². The third kappa shape index (κ3) is 6.33. The molecule has 0 nitrogen and oxygen atoms in total. The first-order valence-corrected chi connectivity index (χ1v) is 14.9. The average Bonchev–Trinajstić information content (AvgIpc) is 3.03. The summed E-state index contributed by atoms with van der Waals surface area (Å²) in [5.74, 6) is 0.818. The van der Waals surface area contributed by atoms with E-state index in [1.54, 1.807) is 21.5 Å². The summed E-state index contributed by atoms with van der Waals surface area (Å²) in [7, 11) is -1.55. The van der Waals surface area contributed by atoms with Crippen molar-refractivity contribution in [3.8, 4) is 0 Å². The number of hydrogen-bond donors (Lipinski definition) is 0. The molecule has 2 aromatic carbocycles. The van der Waals surface area contributed by atoms with E-state index in [1.165, 1.54) is 60.8 Å². The van der Waals surface area contributed by atoms with Gasteiger partial charge in [0.2, 0.25) is 0 Å². The number of benzene rings is 1. The maximum atomic E-state index is 2.70. The van der Waals surface area contributed by atoms with Crippen molar-refractivity contribution in [3.63, 3.8) is 0 Å². The van der Waals surface area contributed by atoms with Crippen molar-refractivity contribution >= 4 is 19.2 Å². The predicted octanol–water partition coefficient (Wildman–Crippen LogP) is 8.29. The van der Waals surface area contributed by atoms with E-state index in [0.29, 0.717) is 5.04 Å². The second-order valence-corrected chi connectivity index (χ2v) is 13.8. The van der Waals surface area contributed by atoms with Crippen molar-refractivity contribution in [2.45, 2.75) is 97.9 Å². The summed E-state index contributed by atoms with van der Waals surface area (Å²) in [5, 5.41) is 3.78. The third-order valence-electron chi connectivity index (χ3n) is 9.04. The van der Waals surface area contributed by atoms with Crippen LogP contribution in [0.4, 0.5) is 0 Å². The van der Waals surface area contributed by atoms with Crippen molar-refractivity contribution in [3.05, 3.63) is 98.2 Å². The molecule has 2 heteroatoms. The fraction of sp³-hybridized carbons (Fsp3) is 0.471. The summed E-state index contributed by atoms with van der Waals surface area (Å²) in [5.41, 5.74) is 9.31. The molecule has 0 amide bonds. The van der Waals surface area contributed by atoms with Crippen LogP contribution in [-0.4, -0.2) is 8.80 Å². The van der Waals surface area contributed by atoms with Gasteiger partial charge < -0.3 is 22.3 Å². The van der Waals surface area contributed by atoms with Crippen LogP contribution in [0.15, 0.2) is 42.5 Å². The van der Waals surface area contributed by atoms with Crippen molar-refractivity contribution < 1.29 is 21.7 Å². The Balaban J connectivity index is 0.00000306. The SMILES string of the molecule is CCc1cc(CC)cc([SiH]([c-]2c(C)c(C)c(C)c2C)C2(C3CCCCC3)C=CC=CC2)c1.[CH3-].[CH3-].[CH3-].[Ti+4]. The molecular formula is C34H52SiTi. The maximum Gasteiger partial charge on any atom is 4.00 e. The standard InChI is InChI=1S/C31H43Si.3CH3.Ti/c1-7-26-19-27(8-2)21-29(20-26)32(30-24(5)22(3)23(4)25(30)6)31(17-13-10-14-18-31)28-15-11-9-12-16-28;;;;/h10,13-14,17,19-21,28,32H,7-9,11-12,15-16,18H2,1-6H3;3*1H3;/q4*-1;+4. The maximum absolute atomic E-state index is 2.70. The van der Waals surface area contributed by atoms with Crippen molar-refractivity contribution in [1.82, 2.24) is 0 Å². The molecule has 2 aromatic rings. The van der Waals surface area contributed by atoms with Gasteiger partial charge in [-0.05, 0) is 54.2 Å². The summed E-state index contributed by atoms with van der Waals surface area (Å²) in [6, 6.07) is 7.69. The van der Waals surface area contributed by atoms with Crippen molar-refractivity contribution in [2.24, 2.45) is 5.92 Å². The fourth-order valence-corrected chi connectivity index (χ4v) is 11.9. The third-order valence-corrected chi connectivity index (χ3v) is 13.5. The minimum absolute atomic E-state index is 0. The molecule has 0 N–H and O–H groups in total. The first kappa shape index (κ1) is 35.0. The Bertz CT molecular complexity index is 971. The Hall–Kier alpha value is -1.02. The summed E-state index contributed by atoms with van der Waals surface area (Å²) in [4.78, 5) is 0. The summed E-state index contributed by atoms with van der Waals surface area (Å²) < 4.78 is 0. The van der Waals surface area contributed by atoms with Crippen molar-refractivity contribution in [2.75, 3.05) is 0 Å². The van der Waals surface area contributed by atoms with Crippen LogP contribution in [0.2, 0.25) is 5.04 Å². The first-order valence-electron chi connectivity index (χ1n) is 13.1. The minimum Gasteiger partial charge on any atom is -0.358 e. The molecule has 0 spiro atoms. The Kier molecular flexibility index (Phi) is 14.4. The second kappa shape index (κ2) is 14.8. The largest absolute Gasteiger partial charge is 4.00 e. The van der Waals surface area contributed by atoms with Crippen LogP contribution in [0, 0.1) is 55.9 Å².